The molecule has 8 nitrogen and oxygen atoms in total. The minimum Gasteiger partial charge on any atom is -0.481 e. The van der Waals surface area contributed by atoms with E-state index in [0.29, 0.717) is 53.6 Å². The van der Waals surface area contributed by atoms with Crippen molar-refractivity contribution in [3.63, 3.8) is 0 Å². The molecular formula is C30H32F2N4O4S. The summed E-state index contributed by atoms with van der Waals surface area (Å²) in [4.78, 5) is 48.9. The molecule has 2 amide bonds. The van der Waals surface area contributed by atoms with Crippen LogP contribution < -0.4 is 9.80 Å². The second-order valence-corrected chi connectivity index (χ2v) is 11.7. The van der Waals surface area contributed by atoms with Gasteiger partial charge in [-0.05, 0) is 55.0 Å². The first kappa shape index (κ1) is 28.8. The van der Waals surface area contributed by atoms with Crippen LogP contribution in [0, 0.1) is 22.8 Å². The van der Waals surface area contributed by atoms with E-state index in [1.165, 1.54) is 30.1 Å². The third-order valence-electron chi connectivity index (χ3n) is 7.95. The number of benzene rings is 1. The number of carboxylic acid groups (broad SMARTS) is 1. The molecular weight excluding hydrogens is 550 g/mol. The van der Waals surface area contributed by atoms with Crippen molar-refractivity contribution >= 4 is 40.1 Å². The van der Waals surface area contributed by atoms with E-state index in [-0.39, 0.29) is 28.7 Å². The molecule has 3 aromatic rings. The number of halogens is 2. The molecule has 1 aliphatic heterocycles. The predicted molar refractivity (Wildman–Crippen MR) is 153 cm³/mol. The zero-order chi connectivity index (χ0) is 29.1. The number of aliphatic carboxylic acids is 1. The summed E-state index contributed by atoms with van der Waals surface area (Å²) in [6, 6.07) is 7.44. The Bertz CT molecular complexity index is 1440. The van der Waals surface area contributed by atoms with Crippen LogP contribution >= 0.6 is 11.3 Å². The minimum atomic E-state index is -1.06. The highest BCUT2D eigenvalue weighted by Crippen LogP contribution is 2.39. The number of carbonyl (C=O) groups is 3. The van der Waals surface area contributed by atoms with Gasteiger partial charge in [0.1, 0.15) is 17.3 Å². The number of hydrogen-bond donors (Lipinski definition) is 1. The molecule has 0 unspecified atom stereocenters. The van der Waals surface area contributed by atoms with Crippen molar-refractivity contribution in [2.45, 2.75) is 57.8 Å². The van der Waals surface area contributed by atoms with Crippen molar-refractivity contribution in [3.8, 4) is 22.4 Å². The fraction of sp³-hybridized carbons (Fsp3) is 0.433. The highest BCUT2D eigenvalue weighted by Gasteiger charge is 2.31. The van der Waals surface area contributed by atoms with Crippen LogP contribution in [0.5, 0.6) is 0 Å². The third kappa shape index (κ3) is 6.45. The number of anilines is 2. The number of nitrogens with zero attached hydrogens (tertiary/aromatic N) is 4. The fourth-order valence-electron chi connectivity index (χ4n) is 5.82. The normalized spacial score (nSPS) is 16.7. The maximum Gasteiger partial charge on any atom is 0.304 e. The number of carboxylic acids is 1. The molecule has 0 spiro atoms. The van der Waals surface area contributed by atoms with Gasteiger partial charge in [0.25, 0.3) is 0 Å². The van der Waals surface area contributed by atoms with E-state index >= 15 is 4.39 Å². The smallest absolute Gasteiger partial charge is 0.304 e. The quantitative estimate of drug-likeness (QED) is 0.318. The molecule has 2 aromatic heterocycles. The Morgan fingerprint density at radius 2 is 1.90 bits per heavy atom. The summed E-state index contributed by atoms with van der Waals surface area (Å²) in [5, 5.41) is 8.79. The van der Waals surface area contributed by atoms with Gasteiger partial charge in [-0.3, -0.25) is 24.2 Å². The van der Waals surface area contributed by atoms with E-state index < -0.39 is 28.7 Å². The van der Waals surface area contributed by atoms with Crippen LogP contribution in [-0.4, -0.2) is 46.5 Å². The summed E-state index contributed by atoms with van der Waals surface area (Å²) in [7, 11) is 1.46. The second kappa shape index (κ2) is 12.4. The van der Waals surface area contributed by atoms with Crippen LogP contribution in [0.15, 0.2) is 36.5 Å². The minimum absolute atomic E-state index is 0.0172. The zero-order valence-electron chi connectivity index (χ0n) is 22.8. The largest absolute Gasteiger partial charge is 0.481 e. The average molecular weight is 583 g/mol. The SMILES string of the molecule is CN(C(=O)[C@@H](CC(=O)O)CC1CCCC1)c1nc(-c2cc(F)ccc2-c2ccc(N3CCCCC3=O)nc2)c(F)s1. The van der Waals surface area contributed by atoms with Crippen molar-refractivity contribution in [2.75, 3.05) is 23.4 Å². The topological polar surface area (TPSA) is 104 Å². The lowest BCUT2D eigenvalue weighted by molar-refractivity contribution is -0.140. The molecule has 3 heterocycles. The Hall–Kier alpha value is -3.73. The van der Waals surface area contributed by atoms with Crippen LogP contribution in [0.4, 0.5) is 19.7 Å². The lowest BCUT2D eigenvalue weighted by Gasteiger charge is -2.25. The van der Waals surface area contributed by atoms with Crippen LogP contribution in [-0.2, 0) is 14.4 Å². The maximum atomic E-state index is 15.4. The molecule has 1 saturated heterocycles. The number of aromatic nitrogens is 2. The van der Waals surface area contributed by atoms with Crippen LogP contribution in [0.3, 0.4) is 0 Å². The summed E-state index contributed by atoms with van der Waals surface area (Å²) in [5.74, 6) is -1.97. The Morgan fingerprint density at radius 1 is 1.12 bits per heavy atom. The predicted octanol–water partition coefficient (Wildman–Crippen LogP) is 6.30. The molecule has 1 atom stereocenters. The summed E-state index contributed by atoms with van der Waals surface area (Å²) in [6.07, 6.45) is 8.04. The number of thiazole rings is 1. The number of piperidine rings is 1. The number of amides is 2. The first-order chi connectivity index (χ1) is 19.7. The standard InChI is InChI=1S/C30H32F2N4O4S/c1-35(29(40)20(15-26(38)39)14-18-6-2-3-7-18)30-34-27(28(32)41-30)23-16-21(31)10-11-22(23)19-9-12-24(33-17-19)36-13-5-4-8-25(36)37/h9-12,16-18,20H,2-8,13-15H2,1H3,(H,38,39)/t20-/m1/s1. The van der Waals surface area contributed by atoms with Crippen molar-refractivity contribution in [2.24, 2.45) is 11.8 Å². The van der Waals surface area contributed by atoms with Gasteiger partial charge in [-0.2, -0.15) is 4.39 Å². The van der Waals surface area contributed by atoms with Crippen LogP contribution in [0.2, 0.25) is 0 Å². The molecule has 41 heavy (non-hydrogen) atoms. The Morgan fingerprint density at radius 3 is 2.59 bits per heavy atom. The van der Waals surface area contributed by atoms with E-state index in [1.54, 1.807) is 23.2 Å². The summed E-state index contributed by atoms with van der Waals surface area (Å²) < 4.78 is 29.8. The molecule has 1 aromatic carbocycles. The van der Waals surface area contributed by atoms with E-state index in [4.69, 9.17) is 0 Å². The molecule has 2 fully saturated rings. The molecule has 0 radical (unpaired) electrons. The Balaban J connectivity index is 1.42. The summed E-state index contributed by atoms with van der Waals surface area (Å²) in [5.41, 5.74) is 1.16. The number of pyridine rings is 1. The van der Waals surface area contributed by atoms with E-state index in [0.717, 1.165) is 38.5 Å². The highest BCUT2D eigenvalue weighted by molar-refractivity contribution is 7.14. The number of carbonyl (C=O) groups excluding carboxylic acids is 2. The van der Waals surface area contributed by atoms with Gasteiger partial charge in [-0.25, -0.2) is 14.4 Å². The van der Waals surface area contributed by atoms with Gasteiger partial charge >= 0.3 is 5.97 Å². The first-order valence-electron chi connectivity index (χ1n) is 13.9. The second-order valence-electron chi connectivity index (χ2n) is 10.8. The molecule has 1 aliphatic carbocycles. The van der Waals surface area contributed by atoms with E-state index in [1.807, 2.05) is 0 Å². The van der Waals surface area contributed by atoms with Crippen LogP contribution in [0.25, 0.3) is 22.4 Å². The molecule has 1 saturated carbocycles. The zero-order valence-corrected chi connectivity index (χ0v) is 23.6. The molecule has 0 bridgehead atoms. The van der Waals surface area contributed by atoms with Crippen molar-refractivity contribution in [1.82, 2.24) is 9.97 Å². The summed E-state index contributed by atoms with van der Waals surface area (Å²) in [6.45, 7) is 0.597. The molecule has 1 N–H and O–H groups in total. The van der Waals surface area contributed by atoms with Gasteiger partial charge in [0, 0.05) is 43.3 Å². The third-order valence-corrected chi connectivity index (χ3v) is 8.87. The van der Waals surface area contributed by atoms with Gasteiger partial charge in [0.15, 0.2) is 5.13 Å². The average Bonchev–Trinajstić information content (AvgIpc) is 3.61. The Kier molecular flexibility index (Phi) is 8.72. The molecule has 11 heteroatoms. The van der Waals surface area contributed by atoms with Crippen LogP contribution in [0.1, 0.15) is 57.8 Å². The van der Waals surface area contributed by atoms with Gasteiger partial charge in [0.2, 0.25) is 16.9 Å². The maximum absolute atomic E-state index is 15.4. The van der Waals surface area contributed by atoms with Crippen molar-refractivity contribution in [1.29, 1.82) is 0 Å². The lowest BCUT2D eigenvalue weighted by Crippen LogP contribution is -2.35. The molecule has 216 valence electrons. The molecule has 5 rings (SSSR count). The van der Waals surface area contributed by atoms with E-state index in [2.05, 4.69) is 9.97 Å². The van der Waals surface area contributed by atoms with Gasteiger partial charge in [-0.1, -0.05) is 43.1 Å². The van der Waals surface area contributed by atoms with Gasteiger partial charge < -0.3 is 5.11 Å². The molecule has 2 aliphatic rings. The van der Waals surface area contributed by atoms with E-state index in [9.17, 15) is 23.9 Å². The van der Waals surface area contributed by atoms with Crippen molar-refractivity contribution < 1.29 is 28.3 Å². The number of hydrogen-bond acceptors (Lipinski definition) is 6. The number of rotatable bonds is 9. The lowest BCUT2D eigenvalue weighted by atomic mass is 9.90. The first-order valence-corrected chi connectivity index (χ1v) is 14.7. The highest BCUT2D eigenvalue weighted by atomic mass is 32.1. The van der Waals surface area contributed by atoms with Gasteiger partial charge in [0.05, 0.1) is 6.42 Å². The summed E-state index contributed by atoms with van der Waals surface area (Å²) >= 11 is 0.654. The monoisotopic (exact) mass is 582 g/mol. The van der Waals surface area contributed by atoms with Crippen molar-refractivity contribution in [3.05, 3.63) is 47.5 Å². The fourth-order valence-corrected chi connectivity index (χ4v) is 6.59. The van der Waals surface area contributed by atoms with Gasteiger partial charge in [-0.15, -0.1) is 0 Å². The Labute approximate surface area is 241 Å².